The molecule has 0 spiro atoms. The van der Waals surface area contributed by atoms with E-state index in [1.165, 1.54) is 23.4 Å². The van der Waals surface area contributed by atoms with Crippen molar-refractivity contribution in [2.75, 3.05) is 26.7 Å². The molecule has 0 saturated carbocycles. The Morgan fingerprint density at radius 3 is 2.65 bits per heavy atom. The standard InChI is InChI=1S/C22H32N2O6S/c1-6-22(27)23(5)13-20-15(2)12-24(16(3)14-25)31(28,29)21-10-9-18(8-7-17(4)26)11-19(21)30-20/h9-11,15-17,20,25-26H,6,12-14H2,1-5H3/t15-,16+,17+,20-/m1/s1. The highest BCUT2D eigenvalue weighted by Crippen LogP contribution is 2.34. The quantitative estimate of drug-likeness (QED) is 0.647. The molecule has 0 bridgehead atoms. The zero-order chi connectivity index (χ0) is 23.3. The summed E-state index contributed by atoms with van der Waals surface area (Å²) in [6.45, 7) is 6.94. The van der Waals surface area contributed by atoms with Crippen LogP contribution in [0.1, 0.15) is 39.7 Å². The SMILES string of the molecule is CCC(=O)N(C)C[C@H]1Oc2cc(C#C[C@H](C)O)ccc2S(=O)(=O)N([C@@H](C)CO)C[C@H]1C. The minimum Gasteiger partial charge on any atom is -0.487 e. The summed E-state index contributed by atoms with van der Waals surface area (Å²) in [7, 11) is -2.25. The van der Waals surface area contributed by atoms with Crippen LogP contribution in [0.2, 0.25) is 0 Å². The highest BCUT2D eigenvalue weighted by atomic mass is 32.2. The predicted octanol–water partition coefficient (Wildman–Crippen LogP) is 1.06. The number of rotatable bonds is 5. The van der Waals surface area contributed by atoms with Gasteiger partial charge in [-0.15, -0.1) is 0 Å². The van der Waals surface area contributed by atoms with Crippen LogP contribution in [0.15, 0.2) is 23.1 Å². The smallest absolute Gasteiger partial charge is 0.247 e. The first-order chi connectivity index (χ1) is 14.5. The number of hydrogen-bond donors (Lipinski definition) is 2. The Hall–Kier alpha value is -2.12. The normalized spacial score (nSPS) is 22.5. The molecule has 172 valence electrons. The molecule has 0 unspecified atom stereocenters. The average molecular weight is 453 g/mol. The molecule has 1 amide bonds. The highest BCUT2D eigenvalue weighted by molar-refractivity contribution is 7.89. The molecule has 0 saturated heterocycles. The maximum Gasteiger partial charge on any atom is 0.247 e. The number of ether oxygens (including phenoxy) is 1. The van der Waals surface area contributed by atoms with Gasteiger partial charge < -0.3 is 19.8 Å². The van der Waals surface area contributed by atoms with Gasteiger partial charge >= 0.3 is 0 Å². The molecule has 4 atom stereocenters. The second-order valence-electron chi connectivity index (χ2n) is 7.97. The number of aliphatic hydroxyl groups excluding tert-OH is 2. The lowest BCUT2D eigenvalue weighted by Crippen LogP contribution is -2.50. The van der Waals surface area contributed by atoms with Crippen LogP contribution in [0.4, 0.5) is 0 Å². The van der Waals surface area contributed by atoms with Crippen LogP contribution in [-0.2, 0) is 14.8 Å². The Morgan fingerprint density at radius 2 is 2.06 bits per heavy atom. The largest absolute Gasteiger partial charge is 0.487 e. The zero-order valence-electron chi connectivity index (χ0n) is 18.7. The molecule has 0 aliphatic carbocycles. The molecule has 2 N–H and O–H groups in total. The van der Waals surface area contributed by atoms with E-state index < -0.39 is 28.3 Å². The Bertz CT molecular complexity index is 950. The fraction of sp³-hybridized carbons (Fsp3) is 0.591. The van der Waals surface area contributed by atoms with Crippen molar-refractivity contribution in [1.29, 1.82) is 0 Å². The van der Waals surface area contributed by atoms with Gasteiger partial charge in [-0.1, -0.05) is 25.7 Å². The van der Waals surface area contributed by atoms with Gasteiger partial charge in [0.05, 0.1) is 13.2 Å². The number of aliphatic hydroxyl groups is 2. The minimum atomic E-state index is -3.94. The second-order valence-corrected chi connectivity index (χ2v) is 9.83. The third-order valence-corrected chi connectivity index (χ3v) is 7.29. The Morgan fingerprint density at radius 1 is 1.39 bits per heavy atom. The molecule has 1 aliphatic heterocycles. The van der Waals surface area contributed by atoms with Crippen LogP contribution in [0.25, 0.3) is 0 Å². The molecule has 1 aliphatic rings. The van der Waals surface area contributed by atoms with Crippen LogP contribution >= 0.6 is 0 Å². The number of sulfonamides is 1. The number of fused-ring (bicyclic) bond motifs is 1. The summed E-state index contributed by atoms with van der Waals surface area (Å²) in [5.41, 5.74) is 0.501. The molecule has 1 aromatic rings. The van der Waals surface area contributed by atoms with E-state index in [4.69, 9.17) is 4.74 Å². The van der Waals surface area contributed by atoms with Crippen molar-refractivity contribution >= 4 is 15.9 Å². The van der Waals surface area contributed by atoms with Crippen molar-refractivity contribution in [3.05, 3.63) is 23.8 Å². The predicted molar refractivity (Wildman–Crippen MR) is 117 cm³/mol. The number of carbonyl (C=O) groups is 1. The summed E-state index contributed by atoms with van der Waals surface area (Å²) < 4.78 is 34.2. The van der Waals surface area contributed by atoms with Gasteiger partial charge in [0.2, 0.25) is 15.9 Å². The molecule has 9 heteroatoms. The fourth-order valence-electron chi connectivity index (χ4n) is 3.35. The van der Waals surface area contributed by atoms with Crippen LogP contribution in [0, 0.1) is 17.8 Å². The summed E-state index contributed by atoms with van der Waals surface area (Å²) in [5.74, 6) is 5.28. The lowest BCUT2D eigenvalue weighted by molar-refractivity contribution is -0.131. The van der Waals surface area contributed by atoms with E-state index in [1.807, 2.05) is 6.92 Å². The molecular weight excluding hydrogens is 420 g/mol. The van der Waals surface area contributed by atoms with Gasteiger partial charge in [-0.2, -0.15) is 4.31 Å². The number of hydrogen-bond acceptors (Lipinski definition) is 6. The first-order valence-electron chi connectivity index (χ1n) is 10.4. The summed E-state index contributed by atoms with van der Waals surface area (Å²) in [4.78, 5) is 13.7. The molecular formula is C22H32N2O6S. The number of nitrogens with zero attached hydrogens (tertiary/aromatic N) is 2. The van der Waals surface area contributed by atoms with E-state index in [1.54, 1.807) is 31.9 Å². The monoisotopic (exact) mass is 452 g/mol. The van der Waals surface area contributed by atoms with Crippen LogP contribution < -0.4 is 4.74 Å². The van der Waals surface area contributed by atoms with Gasteiger partial charge in [0, 0.05) is 37.5 Å². The van der Waals surface area contributed by atoms with Crippen molar-refractivity contribution in [3.63, 3.8) is 0 Å². The van der Waals surface area contributed by atoms with Crippen LogP contribution in [0.3, 0.4) is 0 Å². The summed E-state index contributed by atoms with van der Waals surface area (Å²) >= 11 is 0. The zero-order valence-corrected chi connectivity index (χ0v) is 19.5. The summed E-state index contributed by atoms with van der Waals surface area (Å²) in [5, 5.41) is 19.1. The number of carbonyl (C=O) groups excluding carboxylic acids is 1. The van der Waals surface area contributed by atoms with Crippen molar-refractivity contribution < 1.29 is 28.2 Å². The van der Waals surface area contributed by atoms with Crippen LogP contribution in [-0.4, -0.2) is 78.7 Å². The number of likely N-dealkylation sites (N-methyl/N-ethyl adjacent to an activating group) is 1. The van der Waals surface area contributed by atoms with E-state index in [9.17, 15) is 23.4 Å². The van der Waals surface area contributed by atoms with Gasteiger partial charge in [0.15, 0.2) is 0 Å². The molecule has 0 aromatic heterocycles. The van der Waals surface area contributed by atoms with E-state index in [0.29, 0.717) is 12.0 Å². The molecule has 1 heterocycles. The Balaban J connectivity index is 2.58. The Kier molecular flexibility index (Phi) is 8.49. The topological polar surface area (TPSA) is 107 Å². The first kappa shape index (κ1) is 25.1. The maximum absolute atomic E-state index is 13.4. The number of amides is 1. The minimum absolute atomic E-state index is 0.0169. The summed E-state index contributed by atoms with van der Waals surface area (Å²) in [6.07, 6.45) is -0.938. The summed E-state index contributed by atoms with van der Waals surface area (Å²) in [6, 6.07) is 3.91. The van der Waals surface area contributed by atoms with E-state index >= 15 is 0 Å². The van der Waals surface area contributed by atoms with Gasteiger partial charge in [-0.05, 0) is 32.0 Å². The van der Waals surface area contributed by atoms with Crippen molar-refractivity contribution in [3.8, 4) is 17.6 Å². The van der Waals surface area contributed by atoms with Crippen LogP contribution in [0.5, 0.6) is 5.75 Å². The molecule has 0 fully saturated rings. The molecule has 2 rings (SSSR count). The molecule has 0 radical (unpaired) electrons. The fourth-order valence-corrected chi connectivity index (χ4v) is 5.18. The molecule has 31 heavy (non-hydrogen) atoms. The molecule has 1 aromatic carbocycles. The van der Waals surface area contributed by atoms with Crippen molar-refractivity contribution in [2.45, 2.75) is 57.3 Å². The third-order valence-electron chi connectivity index (χ3n) is 5.27. The van der Waals surface area contributed by atoms with Gasteiger partial charge in [0.1, 0.15) is 22.9 Å². The third kappa shape index (κ3) is 5.98. The first-order valence-corrected chi connectivity index (χ1v) is 11.8. The van der Waals surface area contributed by atoms with Gasteiger partial charge in [0.25, 0.3) is 0 Å². The van der Waals surface area contributed by atoms with E-state index in [2.05, 4.69) is 11.8 Å². The highest BCUT2D eigenvalue weighted by Gasteiger charge is 2.38. The maximum atomic E-state index is 13.4. The van der Waals surface area contributed by atoms with Gasteiger partial charge in [-0.3, -0.25) is 4.79 Å². The average Bonchev–Trinajstić information content (AvgIpc) is 2.73. The number of benzene rings is 1. The lowest BCUT2D eigenvalue weighted by atomic mass is 10.0. The van der Waals surface area contributed by atoms with Crippen molar-refractivity contribution in [2.24, 2.45) is 5.92 Å². The van der Waals surface area contributed by atoms with Gasteiger partial charge in [-0.25, -0.2) is 8.42 Å². The van der Waals surface area contributed by atoms with E-state index in [-0.39, 0.29) is 42.2 Å². The molecule has 8 nitrogen and oxygen atoms in total. The Labute approximate surface area is 184 Å². The second kappa shape index (κ2) is 10.5. The lowest BCUT2D eigenvalue weighted by Gasteiger charge is -2.37. The van der Waals surface area contributed by atoms with Crippen molar-refractivity contribution in [1.82, 2.24) is 9.21 Å². The van der Waals surface area contributed by atoms with E-state index in [0.717, 1.165) is 0 Å².